The molecule has 8 nitrogen and oxygen atoms in total. The quantitative estimate of drug-likeness (QED) is 0.312. The second kappa shape index (κ2) is 10.4. The van der Waals surface area contributed by atoms with Gasteiger partial charge in [0.25, 0.3) is 0 Å². The fourth-order valence-electron chi connectivity index (χ4n) is 4.21. The van der Waals surface area contributed by atoms with Crippen molar-refractivity contribution in [2.45, 2.75) is 37.1 Å². The maximum atomic E-state index is 10.6. The van der Waals surface area contributed by atoms with Gasteiger partial charge in [0.1, 0.15) is 42.9 Å². The summed E-state index contributed by atoms with van der Waals surface area (Å²) in [6.45, 7) is 1.37. The maximum absolute atomic E-state index is 10.6. The van der Waals surface area contributed by atoms with Crippen molar-refractivity contribution in [2.24, 2.45) is 0 Å². The van der Waals surface area contributed by atoms with Gasteiger partial charge in [-0.2, -0.15) is 0 Å². The Bertz CT molecular complexity index is 1070. The largest absolute Gasteiger partial charge is 0.492 e. The van der Waals surface area contributed by atoms with Crippen LogP contribution >= 0.6 is 11.6 Å². The van der Waals surface area contributed by atoms with Crippen LogP contribution in [0.25, 0.3) is 10.9 Å². The van der Waals surface area contributed by atoms with Gasteiger partial charge in [-0.1, -0.05) is 35.9 Å². The third kappa shape index (κ3) is 4.88. The number of benzene rings is 2. The summed E-state index contributed by atoms with van der Waals surface area (Å²) in [5.74, 6) is 0.784. The number of aromatic nitrogens is 1. The van der Waals surface area contributed by atoms with Crippen molar-refractivity contribution in [3.8, 4) is 5.75 Å². The Morgan fingerprint density at radius 1 is 1.06 bits per heavy atom. The molecule has 178 valence electrons. The van der Waals surface area contributed by atoms with E-state index >= 15 is 0 Å². The summed E-state index contributed by atoms with van der Waals surface area (Å²) in [7, 11) is 1.87. The van der Waals surface area contributed by atoms with Gasteiger partial charge in [0.15, 0.2) is 0 Å². The molecule has 2 aromatic carbocycles. The van der Waals surface area contributed by atoms with Gasteiger partial charge in [-0.15, -0.1) is 0 Å². The van der Waals surface area contributed by atoms with E-state index in [0.717, 1.165) is 28.8 Å². The molecular formula is C24H29ClN2O6. The topological polar surface area (TPSA) is 116 Å². The first kappa shape index (κ1) is 24.0. The van der Waals surface area contributed by atoms with E-state index in [0.29, 0.717) is 23.7 Å². The van der Waals surface area contributed by atoms with E-state index in [1.54, 1.807) is 12.1 Å². The summed E-state index contributed by atoms with van der Waals surface area (Å²) in [6, 6.07) is 13.2. The van der Waals surface area contributed by atoms with Gasteiger partial charge in [-0.05, 0) is 30.8 Å². The minimum absolute atomic E-state index is 0.483. The molecule has 2 heterocycles. The van der Waals surface area contributed by atoms with Crippen molar-refractivity contribution in [3.63, 3.8) is 0 Å². The van der Waals surface area contributed by atoms with E-state index in [9.17, 15) is 20.4 Å². The second-order valence-corrected chi connectivity index (χ2v) is 8.60. The summed E-state index contributed by atoms with van der Waals surface area (Å²) >= 11 is 6.54. The Balaban J connectivity index is 1.65. The lowest BCUT2D eigenvalue weighted by Gasteiger charge is -2.40. The zero-order valence-corrected chi connectivity index (χ0v) is 19.0. The van der Waals surface area contributed by atoms with Gasteiger partial charge in [0.05, 0.1) is 17.1 Å². The number of para-hydroxylation sites is 1. The van der Waals surface area contributed by atoms with Crippen molar-refractivity contribution in [1.82, 2.24) is 9.88 Å². The van der Waals surface area contributed by atoms with E-state index in [-0.39, 0.29) is 0 Å². The summed E-state index contributed by atoms with van der Waals surface area (Å²) in [4.78, 5) is 0. The first-order valence-corrected chi connectivity index (χ1v) is 11.3. The number of aliphatic hydroxyl groups excluding tert-OH is 4. The molecule has 0 unspecified atom stereocenters. The standard InChI is InChI=1S/C24H29ClN2O6/c1-26-9-10-32-15-7-5-14(6-8-15)11-27-12-17(16-3-2-4-18(25)20(16)27)24-23(31)22(30)21(29)19(13-28)33-24/h2-8,12,19,21-24,26,28-31H,9-11,13H2,1H3/t19-,21-,22+,23-,24+/m1/s1. The van der Waals surface area contributed by atoms with E-state index < -0.39 is 37.1 Å². The number of fused-ring (bicyclic) bond motifs is 1. The van der Waals surface area contributed by atoms with E-state index in [4.69, 9.17) is 21.1 Å². The Kier molecular flexibility index (Phi) is 7.55. The van der Waals surface area contributed by atoms with Gasteiger partial charge >= 0.3 is 0 Å². The van der Waals surface area contributed by atoms with Gasteiger partial charge in [-0.25, -0.2) is 0 Å². The molecule has 0 spiro atoms. The maximum Gasteiger partial charge on any atom is 0.119 e. The highest BCUT2D eigenvalue weighted by atomic mass is 35.5. The minimum Gasteiger partial charge on any atom is -0.492 e. The molecule has 0 aliphatic carbocycles. The molecule has 9 heteroatoms. The molecule has 5 atom stereocenters. The Labute approximate surface area is 196 Å². The predicted molar refractivity (Wildman–Crippen MR) is 125 cm³/mol. The van der Waals surface area contributed by atoms with Gasteiger partial charge in [0, 0.05) is 30.2 Å². The summed E-state index contributed by atoms with van der Waals surface area (Å²) in [6.07, 6.45) is -4.32. The van der Waals surface area contributed by atoms with Gasteiger partial charge < -0.3 is 39.8 Å². The first-order valence-electron chi connectivity index (χ1n) is 10.9. The summed E-state index contributed by atoms with van der Waals surface area (Å²) in [5, 5.41) is 44.9. The lowest BCUT2D eigenvalue weighted by atomic mass is 9.91. The van der Waals surface area contributed by atoms with Gasteiger partial charge in [0.2, 0.25) is 0 Å². The van der Waals surface area contributed by atoms with Crippen LogP contribution in [0.15, 0.2) is 48.7 Å². The number of rotatable bonds is 8. The second-order valence-electron chi connectivity index (χ2n) is 8.19. The lowest BCUT2D eigenvalue weighted by Crippen LogP contribution is -2.55. The zero-order chi connectivity index (χ0) is 23.5. The van der Waals surface area contributed by atoms with E-state index in [1.165, 1.54) is 0 Å². The van der Waals surface area contributed by atoms with Crippen LogP contribution in [0.1, 0.15) is 17.2 Å². The number of likely N-dealkylation sites (N-methyl/N-ethyl adjacent to an activating group) is 1. The Morgan fingerprint density at radius 3 is 2.52 bits per heavy atom. The van der Waals surface area contributed by atoms with Crippen molar-refractivity contribution < 1.29 is 29.9 Å². The minimum atomic E-state index is -1.45. The van der Waals surface area contributed by atoms with E-state index in [2.05, 4.69) is 5.32 Å². The number of hydrogen-bond acceptors (Lipinski definition) is 7. The molecule has 1 saturated heterocycles. The van der Waals surface area contributed by atoms with Crippen LogP contribution < -0.4 is 10.1 Å². The van der Waals surface area contributed by atoms with Crippen molar-refractivity contribution in [2.75, 3.05) is 26.8 Å². The van der Waals surface area contributed by atoms with Crippen LogP contribution in [0.3, 0.4) is 0 Å². The average molecular weight is 477 g/mol. The van der Waals surface area contributed by atoms with Gasteiger partial charge in [-0.3, -0.25) is 0 Å². The molecule has 0 bridgehead atoms. The Hall–Kier alpha value is -2.17. The third-order valence-electron chi connectivity index (χ3n) is 5.98. The summed E-state index contributed by atoms with van der Waals surface area (Å²) in [5.41, 5.74) is 2.41. The number of halogens is 1. The number of nitrogens with one attached hydrogen (secondary N) is 1. The molecule has 0 amide bonds. The molecule has 5 N–H and O–H groups in total. The van der Waals surface area contributed by atoms with Crippen LogP contribution in [0.5, 0.6) is 5.75 Å². The van der Waals surface area contributed by atoms with Crippen molar-refractivity contribution in [3.05, 3.63) is 64.8 Å². The zero-order valence-electron chi connectivity index (χ0n) is 18.3. The average Bonchev–Trinajstić information content (AvgIpc) is 3.18. The molecule has 33 heavy (non-hydrogen) atoms. The summed E-state index contributed by atoms with van der Waals surface area (Å²) < 4.78 is 13.4. The third-order valence-corrected chi connectivity index (χ3v) is 6.28. The molecule has 1 fully saturated rings. The lowest BCUT2D eigenvalue weighted by molar-refractivity contribution is -0.231. The molecule has 4 rings (SSSR count). The number of hydrogen-bond donors (Lipinski definition) is 5. The monoisotopic (exact) mass is 476 g/mol. The van der Waals surface area contributed by atoms with Crippen LogP contribution in [0, 0.1) is 0 Å². The fourth-order valence-corrected chi connectivity index (χ4v) is 4.49. The number of ether oxygens (including phenoxy) is 2. The number of nitrogens with zero attached hydrogens (tertiary/aromatic N) is 1. The molecule has 0 saturated carbocycles. The molecule has 0 radical (unpaired) electrons. The smallest absolute Gasteiger partial charge is 0.119 e. The molecular weight excluding hydrogens is 448 g/mol. The highest BCUT2D eigenvalue weighted by Crippen LogP contribution is 2.39. The highest BCUT2D eigenvalue weighted by molar-refractivity contribution is 6.35. The van der Waals surface area contributed by atoms with Crippen LogP contribution in [-0.2, 0) is 11.3 Å². The number of aliphatic hydroxyl groups is 4. The first-order chi connectivity index (χ1) is 15.9. The fraction of sp³-hybridized carbons (Fsp3) is 0.417. The Morgan fingerprint density at radius 2 is 1.82 bits per heavy atom. The van der Waals surface area contributed by atoms with Crippen molar-refractivity contribution >= 4 is 22.5 Å². The molecule has 1 aliphatic rings. The highest BCUT2D eigenvalue weighted by Gasteiger charge is 2.44. The normalized spacial score (nSPS) is 25.5. The molecule has 1 aromatic heterocycles. The van der Waals surface area contributed by atoms with E-state index in [1.807, 2.05) is 48.1 Å². The molecule has 1 aliphatic heterocycles. The van der Waals surface area contributed by atoms with Crippen LogP contribution in [0.2, 0.25) is 5.02 Å². The predicted octanol–water partition coefficient (Wildman–Crippen LogP) is 1.46. The van der Waals surface area contributed by atoms with Crippen LogP contribution in [-0.4, -0.2) is 76.2 Å². The van der Waals surface area contributed by atoms with Crippen molar-refractivity contribution in [1.29, 1.82) is 0 Å². The van der Waals surface area contributed by atoms with Crippen LogP contribution in [0.4, 0.5) is 0 Å². The SMILES string of the molecule is CNCCOc1ccc(Cn2cc([C@@H]3O[C@H](CO)[C@@H](O)[C@H](O)[C@H]3O)c3cccc(Cl)c32)cc1. The molecule has 3 aromatic rings.